The zero-order valence-electron chi connectivity index (χ0n) is 11.4. The van der Waals surface area contributed by atoms with Gasteiger partial charge in [0.25, 0.3) is 5.91 Å². The monoisotopic (exact) mass is 323 g/mol. The van der Waals surface area contributed by atoms with E-state index < -0.39 is 23.6 Å². The Bertz CT molecular complexity index is 751. The molecule has 0 spiro atoms. The number of hydrogen-bond donors (Lipinski definition) is 1. The Morgan fingerprint density at radius 1 is 1.18 bits per heavy atom. The number of amides is 1. The maximum absolute atomic E-state index is 13.3. The van der Waals surface area contributed by atoms with Crippen LogP contribution in [0.4, 0.5) is 14.5 Å². The van der Waals surface area contributed by atoms with Gasteiger partial charge in [0.1, 0.15) is 0 Å². The summed E-state index contributed by atoms with van der Waals surface area (Å²) in [4.78, 5) is 14.0. The maximum atomic E-state index is 13.3. The molecule has 1 unspecified atom stereocenters. The normalized spacial score (nSPS) is 17.3. The predicted octanol–water partition coefficient (Wildman–Crippen LogP) is 3.70. The van der Waals surface area contributed by atoms with E-state index in [0.717, 1.165) is 12.1 Å². The zero-order chi connectivity index (χ0) is 15.9. The van der Waals surface area contributed by atoms with Gasteiger partial charge in [-0.2, -0.15) is 0 Å². The van der Waals surface area contributed by atoms with Crippen molar-refractivity contribution < 1.29 is 18.7 Å². The molecule has 1 atom stereocenters. The van der Waals surface area contributed by atoms with Crippen LogP contribution in [0.1, 0.15) is 28.4 Å². The van der Waals surface area contributed by atoms with Crippen molar-refractivity contribution in [3.63, 3.8) is 0 Å². The van der Waals surface area contributed by atoms with Crippen molar-refractivity contribution in [2.75, 3.05) is 11.4 Å². The van der Waals surface area contributed by atoms with Crippen LogP contribution < -0.4 is 4.90 Å². The summed E-state index contributed by atoms with van der Waals surface area (Å²) < 4.78 is 26.3. The van der Waals surface area contributed by atoms with Crippen LogP contribution in [0.25, 0.3) is 0 Å². The van der Waals surface area contributed by atoms with Gasteiger partial charge in [0, 0.05) is 28.4 Å². The fourth-order valence-electron chi connectivity index (χ4n) is 2.56. The van der Waals surface area contributed by atoms with Crippen LogP contribution in [-0.2, 0) is 0 Å². The highest BCUT2D eigenvalue weighted by Gasteiger charge is 2.28. The molecular formula is C16H12ClF2NO2. The molecule has 1 N–H and O–H groups in total. The average Bonchev–Trinajstić information content (AvgIpc) is 2.50. The number of anilines is 1. The first-order valence-corrected chi connectivity index (χ1v) is 7.09. The molecule has 3 rings (SSSR count). The van der Waals surface area contributed by atoms with Gasteiger partial charge in [0.05, 0.1) is 6.10 Å². The van der Waals surface area contributed by atoms with Crippen molar-refractivity contribution in [2.24, 2.45) is 0 Å². The van der Waals surface area contributed by atoms with Gasteiger partial charge in [-0.3, -0.25) is 4.79 Å². The van der Waals surface area contributed by atoms with E-state index >= 15 is 0 Å². The number of hydrogen-bond acceptors (Lipinski definition) is 2. The molecule has 0 radical (unpaired) electrons. The van der Waals surface area contributed by atoms with E-state index in [1.54, 1.807) is 18.2 Å². The summed E-state index contributed by atoms with van der Waals surface area (Å²) >= 11 is 5.92. The third-order valence-corrected chi connectivity index (χ3v) is 3.91. The van der Waals surface area contributed by atoms with Gasteiger partial charge < -0.3 is 10.0 Å². The first-order chi connectivity index (χ1) is 10.5. The smallest absolute Gasteiger partial charge is 0.258 e. The minimum absolute atomic E-state index is 0.0520. The largest absolute Gasteiger partial charge is 0.388 e. The van der Waals surface area contributed by atoms with Crippen LogP contribution in [0, 0.1) is 11.6 Å². The summed E-state index contributed by atoms with van der Waals surface area (Å²) in [6.07, 6.45) is -0.356. The van der Waals surface area contributed by atoms with Crippen LogP contribution in [0.5, 0.6) is 0 Å². The number of rotatable bonds is 1. The van der Waals surface area contributed by atoms with Gasteiger partial charge in [-0.25, -0.2) is 8.78 Å². The van der Waals surface area contributed by atoms with Crippen molar-refractivity contribution >= 4 is 23.2 Å². The molecule has 0 bridgehead atoms. The van der Waals surface area contributed by atoms with Gasteiger partial charge in [0.15, 0.2) is 11.6 Å². The fourth-order valence-corrected chi connectivity index (χ4v) is 2.74. The van der Waals surface area contributed by atoms with E-state index in [1.165, 1.54) is 11.0 Å². The number of carbonyl (C=O) groups excluding carboxylic acids is 1. The second-order valence-electron chi connectivity index (χ2n) is 5.09. The van der Waals surface area contributed by atoms with Gasteiger partial charge in [-0.1, -0.05) is 11.6 Å². The average molecular weight is 324 g/mol. The first-order valence-electron chi connectivity index (χ1n) is 6.72. The van der Waals surface area contributed by atoms with Gasteiger partial charge in [-0.05, 0) is 42.8 Å². The highest BCUT2D eigenvalue weighted by Crippen LogP contribution is 2.36. The number of aliphatic hydroxyl groups excluding tert-OH is 1. The quantitative estimate of drug-likeness (QED) is 0.869. The molecular weight excluding hydrogens is 312 g/mol. The van der Waals surface area contributed by atoms with Crippen molar-refractivity contribution in [2.45, 2.75) is 12.5 Å². The molecule has 0 aliphatic carbocycles. The molecule has 1 amide bonds. The highest BCUT2D eigenvalue weighted by atomic mass is 35.5. The van der Waals surface area contributed by atoms with Crippen molar-refractivity contribution in [1.29, 1.82) is 0 Å². The maximum Gasteiger partial charge on any atom is 0.258 e. The molecule has 22 heavy (non-hydrogen) atoms. The van der Waals surface area contributed by atoms with Crippen molar-refractivity contribution in [1.82, 2.24) is 0 Å². The molecule has 2 aromatic carbocycles. The van der Waals surface area contributed by atoms with E-state index in [2.05, 4.69) is 0 Å². The van der Waals surface area contributed by atoms with Crippen LogP contribution in [0.3, 0.4) is 0 Å². The Hall–Kier alpha value is -1.98. The molecule has 0 fully saturated rings. The molecule has 0 saturated carbocycles. The molecule has 1 aliphatic rings. The van der Waals surface area contributed by atoms with Crippen molar-refractivity contribution in [3.05, 3.63) is 64.2 Å². The number of nitrogens with zero attached hydrogens (tertiary/aromatic N) is 1. The first kappa shape index (κ1) is 14.9. The highest BCUT2D eigenvalue weighted by molar-refractivity contribution is 6.30. The van der Waals surface area contributed by atoms with Crippen LogP contribution in [0.15, 0.2) is 36.4 Å². The van der Waals surface area contributed by atoms with Gasteiger partial charge in [0.2, 0.25) is 0 Å². The molecule has 1 aliphatic heterocycles. The number of carbonyl (C=O) groups is 1. The Balaban J connectivity index is 2.00. The number of aliphatic hydroxyl groups is 1. The second-order valence-corrected chi connectivity index (χ2v) is 5.53. The van der Waals surface area contributed by atoms with Crippen LogP contribution in [0.2, 0.25) is 5.02 Å². The van der Waals surface area contributed by atoms with E-state index in [1.807, 2.05) is 0 Å². The van der Waals surface area contributed by atoms with E-state index in [9.17, 15) is 18.7 Å². The summed E-state index contributed by atoms with van der Waals surface area (Å²) in [6.45, 7) is 0.285. The van der Waals surface area contributed by atoms with Crippen LogP contribution >= 0.6 is 11.6 Å². The Labute approximate surface area is 130 Å². The molecule has 114 valence electrons. The molecule has 0 saturated heterocycles. The lowest BCUT2D eigenvalue weighted by Gasteiger charge is -2.32. The van der Waals surface area contributed by atoms with Gasteiger partial charge >= 0.3 is 0 Å². The predicted molar refractivity (Wildman–Crippen MR) is 79.1 cm³/mol. The topological polar surface area (TPSA) is 40.5 Å². The summed E-state index contributed by atoms with van der Waals surface area (Å²) in [5.74, 6) is -2.52. The summed E-state index contributed by atoms with van der Waals surface area (Å²) in [7, 11) is 0. The Kier molecular flexibility index (Phi) is 3.85. The Morgan fingerprint density at radius 2 is 1.95 bits per heavy atom. The second kappa shape index (κ2) is 5.66. The van der Waals surface area contributed by atoms with E-state index in [4.69, 9.17) is 11.6 Å². The lowest BCUT2D eigenvalue weighted by molar-refractivity contribution is 0.0970. The molecule has 2 aromatic rings. The standard InChI is InChI=1S/C16H12ClF2NO2/c17-10-2-4-14-11(8-10)15(21)5-6-20(14)16(22)9-1-3-12(18)13(19)7-9/h1-4,7-8,15,21H,5-6H2. The summed E-state index contributed by atoms with van der Waals surface area (Å²) in [6, 6.07) is 7.89. The lowest BCUT2D eigenvalue weighted by Crippen LogP contribution is -2.36. The summed E-state index contributed by atoms with van der Waals surface area (Å²) in [5, 5.41) is 10.5. The number of halogens is 3. The molecule has 0 aromatic heterocycles. The van der Waals surface area contributed by atoms with E-state index in [-0.39, 0.29) is 12.1 Å². The molecule has 1 heterocycles. The van der Waals surface area contributed by atoms with E-state index in [0.29, 0.717) is 22.7 Å². The third kappa shape index (κ3) is 2.58. The van der Waals surface area contributed by atoms with Gasteiger partial charge in [-0.15, -0.1) is 0 Å². The zero-order valence-corrected chi connectivity index (χ0v) is 12.1. The number of fused-ring (bicyclic) bond motifs is 1. The van der Waals surface area contributed by atoms with Crippen molar-refractivity contribution in [3.8, 4) is 0 Å². The Morgan fingerprint density at radius 3 is 2.68 bits per heavy atom. The fraction of sp³-hybridized carbons (Fsp3) is 0.188. The SMILES string of the molecule is O=C(c1ccc(F)c(F)c1)N1CCC(O)c2cc(Cl)ccc21. The third-order valence-electron chi connectivity index (χ3n) is 3.68. The molecule has 3 nitrogen and oxygen atoms in total. The molecule has 6 heteroatoms. The van der Waals surface area contributed by atoms with Crippen LogP contribution in [-0.4, -0.2) is 17.6 Å². The lowest BCUT2D eigenvalue weighted by atomic mass is 9.98. The number of benzene rings is 2. The minimum atomic E-state index is -1.07. The summed E-state index contributed by atoms with van der Waals surface area (Å²) in [5.41, 5.74) is 1.13. The minimum Gasteiger partial charge on any atom is -0.388 e.